The highest BCUT2D eigenvalue weighted by atomic mass is 16.5. The molecule has 0 radical (unpaired) electrons. The van der Waals surface area contributed by atoms with E-state index >= 15 is 0 Å². The predicted molar refractivity (Wildman–Crippen MR) is 40.9 cm³/mol. The van der Waals surface area contributed by atoms with Gasteiger partial charge in [-0.2, -0.15) is 0 Å². The summed E-state index contributed by atoms with van der Waals surface area (Å²) in [5, 5.41) is 8.34. The molecule has 0 saturated carbocycles. The van der Waals surface area contributed by atoms with Gasteiger partial charge in [0.25, 0.3) is 0 Å². The topological polar surface area (TPSA) is 72.6 Å². The lowest BCUT2D eigenvalue weighted by molar-refractivity contribution is -0.150. The molecule has 1 atom stereocenters. The summed E-state index contributed by atoms with van der Waals surface area (Å²) in [6.45, 7) is 3.27. The predicted octanol–water partition coefficient (Wildman–Crippen LogP) is -0.351. The fourth-order valence-corrected chi connectivity index (χ4v) is 0.448. The van der Waals surface area contributed by atoms with Crippen LogP contribution < -0.4 is 5.73 Å². The van der Waals surface area contributed by atoms with E-state index in [0.29, 0.717) is 6.42 Å². The summed E-state index contributed by atoms with van der Waals surface area (Å²) in [5.41, 5.74) is 4.62. The van der Waals surface area contributed by atoms with Crippen LogP contribution in [0.15, 0.2) is 0 Å². The number of rotatable bonds is 4. The fraction of sp³-hybridized carbons (Fsp3) is 0.857. The zero-order chi connectivity index (χ0) is 8.91. The number of nitrogens with two attached hydrogens (primary N) is 1. The lowest BCUT2D eigenvalue weighted by atomic mass is 10.0. The number of carbonyl (C=O) groups is 1. The van der Waals surface area contributed by atoms with Crippen LogP contribution in [-0.2, 0) is 9.53 Å². The molecule has 0 saturated heterocycles. The van der Waals surface area contributed by atoms with Crippen molar-refractivity contribution in [1.82, 2.24) is 0 Å². The van der Waals surface area contributed by atoms with Crippen LogP contribution in [0.5, 0.6) is 0 Å². The SMILES string of the molecule is CCC(C)(N)C(=O)OCCO. The molecule has 3 N–H and O–H groups in total. The van der Waals surface area contributed by atoms with Crippen molar-refractivity contribution in [3.8, 4) is 0 Å². The zero-order valence-corrected chi connectivity index (χ0v) is 6.96. The zero-order valence-electron chi connectivity index (χ0n) is 6.96. The molecule has 0 aliphatic heterocycles. The second-order valence-corrected chi connectivity index (χ2v) is 2.63. The van der Waals surface area contributed by atoms with Crippen LogP contribution >= 0.6 is 0 Å². The van der Waals surface area contributed by atoms with Crippen molar-refractivity contribution in [1.29, 1.82) is 0 Å². The molecular weight excluding hydrogens is 146 g/mol. The number of ether oxygens (including phenoxy) is 1. The van der Waals surface area contributed by atoms with Gasteiger partial charge >= 0.3 is 5.97 Å². The van der Waals surface area contributed by atoms with Crippen LogP contribution in [0.1, 0.15) is 20.3 Å². The maximum Gasteiger partial charge on any atom is 0.325 e. The number of aliphatic hydroxyl groups excluding tert-OH is 1. The molecule has 0 aromatic heterocycles. The third-order valence-electron chi connectivity index (χ3n) is 1.53. The van der Waals surface area contributed by atoms with Crippen LogP contribution in [0.2, 0.25) is 0 Å². The maximum absolute atomic E-state index is 11.0. The first-order valence-corrected chi connectivity index (χ1v) is 3.61. The number of esters is 1. The van der Waals surface area contributed by atoms with Crippen molar-refractivity contribution in [2.45, 2.75) is 25.8 Å². The van der Waals surface area contributed by atoms with E-state index in [0.717, 1.165) is 0 Å². The molecule has 0 heterocycles. The highest BCUT2D eigenvalue weighted by Gasteiger charge is 2.27. The number of hydrogen-bond donors (Lipinski definition) is 2. The summed E-state index contributed by atoms with van der Waals surface area (Å²) in [5.74, 6) is -0.464. The van der Waals surface area contributed by atoms with E-state index in [-0.39, 0.29) is 13.2 Å². The van der Waals surface area contributed by atoms with E-state index in [2.05, 4.69) is 4.74 Å². The Balaban J connectivity index is 3.82. The van der Waals surface area contributed by atoms with Gasteiger partial charge in [-0.3, -0.25) is 4.79 Å². The van der Waals surface area contributed by atoms with E-state index in [4.69, 9.17) is 10.8 Å². The minimum absolute atomic E-state index is 0.0195. The van der Waals surface area contributed by atoms with Crippen molar-refractivity contribution in [3.63, 3.8) is 0 Å². The van der Waals surface area contributed by atoms with Crippen LogP contribution in [0.4, 0.5) is 0 Å². The summed E-state index contributed by atoms with van der Waals surface area (Å²) in [4.78, 5) is 11.0. The number of hydrogen-bond acceptors (Lipinski definition) is 4. The van der Waals surface area contributed by atoms with Gasteiger partial charge in [0.2, 0.25) is 0 Å². The molecule has 0 aromatic carbocycles. The molecule has 0 spiro atoms. The van der Waals surface area contributed by atoms with Crippen molar-refractivity contribution >= 4 is 5.97 Å². The van der Waals surface area contributed by atoms with Gasteiger partial charge in [0.1, 0.15) is 12.1 Å². The summed E-state index contributed by atoms with van der Waals surface area (Å²) < 4.78 is 4.63. The van der Waals surface area contributed by atoms with Gasteiger partial charge in [-0.05, 0) is 13.3 Å². The van der Waals surface area contributed by atoms with E-state index in [1.807, 2.05) is 0 Å². The Morgan fingerprint density at radius 3 is 2.64 bits per heavy atom. The monoisotopic (exact) mass is 161 g/mol. The van der Waals surface area contributed by atoms with Crippen LogP contribution in [0.3, 0.4) is 0 Å². The molecule has 66 valence electrons. The first kappa shape index (κ1) is 10.4. The van der Waals surface area contributed by atoms with Gasteiger partial charge < -0.3 is 15.6 Å². The molecule has 0 aromatic rings. The van der Waals surface area contributed by atoms with Crippen LogP contribution in [-0.4, -0.2) is 29.8 Å². The third kappa shape index (κ3) is 3.34. The molecule has 0 rings (SSSR count). The van der Waals surface area contributed by atoms with Gasteiger partial charge in [0, 0.05) is 0 Å². The van der Waals surface area contributed by atoms with Crippen molar-refractivity contribution in [3.05, 3.63) is 0 Å². The molecule has 1 unspecified atom stereocenters. The minimum Gasteiger partial charge on any atom is -0.462 e. The Hall–Kier alpha value is -0.610. The molecule has 11 heavy (non-hydrogen) atoms. The summed E-state index contributed by atoms with van der Waals surface area (Å²) >= 11 is 0. The van der Waals surface area contributed by atoms with E-state index in [1.54, 1.807) is 13.8 Å². The maximum atomic E-state index is 11.0. The second kappa shape index (κ2) is 4.31. The molecule has 4 nitrogen and oxygen atoms in total. The highest BCUT2D eigenvalue weighted by Crippen LogP contribution is 2.06. The first-order valence-electron chi connectivity index (χ1n) is 3.61. The van der Waals surface area contributed by atoms with Crippen molar-refractivity contribution in [2.75, 3.05) is 13.2 Å². The molecule has 4 heteroatoms. The molecule has 0 amide bonds. The normalized spacial score (nSPS) is 15.6. The van der Waals surface area contributed by atoms with Crippen LogP contribution in [0, 0.1) is 0 Å². The van der Waals surface area contributed by atoms with Gasteiger partial charge in [-0.15, -0.1) is 0 Å². The summed E-state index contributed by atoms with van der Waals surface area (Å²) in [7, 11) is 0. The second-order valence-electron chi connectivity index (χ2n) is 2.63. The Morgan fingerprint density at radius 1 is 1.73 bits per heavy atom. The molecule has 0 fully saturated rings. The Morgan fingerprint density at radius 2 is 2.27 bits per heavy atom. The smallest absolute Gasteiger partial charge is 0.325 e. The van der Waals surface area contributed by atoms with Gasteiger partial charge in [0.15, 0.2) is 0 Å². The van der Waals surface area contributed by atoms with E-state index in [9.17, 15) is 4.79 Å². The largest absolute Gasteiger partial charge is 0.462 e. The van der Waals surface area contributed by atoms with Gasteiger partial charge in [-0.1, -0.05) is 6.92 Å². The molecule has 0 bridgehead atoms. The Labute approximate surface area is 66.3 Å². The average Bonchev–Trinajstić information content (AvgIpc) is 2.00. The standard InChI is InChI=1S/C7H15NO3/c1-3-7(2,8)6(10)11-5-4-9/h9H,3-5,8H2,1-2H3. The first-order chi connectivity index (χ1) is 5.04. The van der Waals surface area contributed by atoms with Gasteiger partial charge in [-0.25, -0.2) is 0 Å². The quantitative estimate of drug-likeness (QED) is 0.553. The molecule has 0 aliphatic carbocycles. The van der Waals surface area contributed by atoms with Crippen molar-refractivity contribution < 1.29 is 14.6 Å². The van der Waals surface area contributed by atoms with Gasteiger partial charge in [0.05, 0.1) is 6.61 Å². The number of aliphatic hydroxyl groups is 1. The molecular formula is C7H15NO3. The lowest BCUT2D eigenvalue weighted by Crippen LogP contribution is -2.45. The third-order valence-corrected chi connectivity index (χ3v) is 1.53. The summed E-state index contributed by atoms with van der Waals surface area (Å²) in [6, 6.07) is 0. The summed E-state index contributed by atoms with van der Waals surface area (Å²) in [6.07, 6.45) is 0.525. The molecule has 0 aliphatic rings. The Kier molecular flexibility index (Phi) is 4.07. The lowest BCUT2D eigenvalue weighted by Gasteiger charge is -2.19. The number of carbonyl (C=O) groups excluding carboxylic acids is 1. The fourth-order valence-electron chi connectivity index (χ4n) is 0.448. The van der Waals surface area contributed by atoms with E-state index < -0.39 is 11.5 Å². The van der Waals surface area contributed by atoms with E-state index in [1.165, 1.54) is 0 Å². The Bertz CT molecular complexity index is 134. The van der Waals surface area contributed by atoms with Crippen LogP contribution in [0.25, 0.3) is 0 Å². The minimum atomic E-state index is -0.921. The van der Waals surface area contributed by atoms with Crippen molar-refractivity contribution in [2.24, 2.45) is 5.73 Å². The average molecular weight is 161 g/mol. The highest BCUT2D eigenvalue weighted by molar-refractivity contribution is 5.79.